The van der Waals surface area contributed by atoms with Crippen LogP contribution in [0.4, 0.5) is 11.4 Å². The number of hydrogen-bond donors (Lipinski definition) is 1. The van der Waals surface area contributed by atoms with Gasteiger partial charge in [-0.2, -0.15) is 5.10 Å². The Bertz CT molecular complexity index is 1150. The van der Waals surface area contributed by atoms with Gasteiger partial charge in [0, 0.05) is 23.8 Å². The maximum atomic E-state index is 12.8. The second kappa shape index (κ2) is 8.56. The quantitative estimate of drug-likeness (QED) is 0.494. The molecule has 9 nitrogen and oxygen atoms in total. The summed E-state index contributed by atoms with van der Waals surface area (Å²) in [6.45, 7) is 3.49. The largest absolute Gasteiger partial charge is 0.495 e. The van der Waals surface area contributed by atoms with Gasteiger partial charge in [-0.25, -0.2) is 4.68 Å². The molecule has 2 aromatic carbocycles. The van der Waals surface area contributed by atoms with Crippen LogP contribution in [-0.2, 0) is 4.79 Å². The van der Waals surface area contributed by atoms with Gasteiger partial charge in [0.25, 0.3) is 11.2 Å². The molecule has 3 aromatic rings. The van der Waals surface area contributed by atoms with Crippen LogP contribution in [0.5, 0.6) is 5.75 Å². The summed E-state index contributed by atoms with van der Waals surface area (Å²) in [7, 11) is 1.39. The number of non-ortho nitro benzene ring substituents is 1. The molecule has 0 fully saturated rings. The molecule has 3 rings (SSSR count). The maximum Gasteiger partial charge on any atom is 0.271 e. The van der Waals surface area contributed by atoms with Gasteiger partial charge in [-0.3, -0.25) is 19.7 Å². The van der Waals surface area contributed by atoms with Crippen LogP contribution in [0.15, 0.2) is 59.4 Å². The molecular formula is C21H20N4O5. The van der Waals surface area contributed by atoms with E-state index in [0.29, 0.717) is 5.69 Å². The third-order valence-electron chi connectivity index (χ3n) is 4.57. The fourth-order valence-electron chi connectivity index (χ4n) is 2.84. The zero-order valence-electron chi connectivity index (χ0n) is 16.7. The molecule has 1 atom stereocenters. The van der Waals surface area contributed by atoms with Gasteiger partial charge in [0.15, 0.2) is 0 Å². The summed E-state index contributed by atoms with van der Waals surface area (Å²) in [6.07, 6.45) is 0. The van der Waals surface area contributed by atoms with Crippen molar-refractivity contribution in [3.8, 4) is 17.0 Å². The van der Waals surface area contributed by atoms with E-state index in [-0.39, 0.29) is 17.1 Å². The lowest BCUT2D eigenvalue weighted by atomic mass is 10.1. The van der Waals surface area contributed by atoms with Crippen molar-refractivity contribution in [2.45, 2.75) is 19.9 Å². The van der Waals surface area contributed by atoms with Crippen LogP contribution in [0.3, 0.4) is 0 Å². The number of nitrogens with zero attached hydrogens (tertiary/aromatic N) is 3. The van der Waals surface area contributed by atoms with Gasteiger partial charge in [0.05, 0.1) is 23.4 Å². The number of aryl methyl sites for hydroxylation is 1. The van der Waals surface area contributed by atoms with Crippen LogP contribution in [0.25, 0.3) is 11.3 Å². The Hall–Kier alpha value is -4.01. The molecule has 0 bridgehead atoms. The van der Waals surface area contributed by atoms with E-state index in [2.05, 4.69) is 10.4 Å². The fourth-order valence-corrected chi connectivity index (χ4v) is 2.84. The van der Waals surface area contributed by atoms with Gasteiger partial charge in [0.2, 0.25) is 5.91 Å². The van der Waals surface area contributed by atoms with Gasteiger partial charge in [-0.15, -0.1) is 0 Å². The molecule has 0 spiro atoms. The summed E-state index contributed by atoms with van der Waals surface area (Å²) in [6, 6.07) is 13.5. The lowest BCUT2D eigenvalue weighted by Crippen LogP contribution is -2.33. The van der Waals surface area contributed by atoms with Gasteiger partial charge < -0.3 is 10.1 Å². The lowest BCUT2D eigenvalue weighted by molar-refractivity contribution is -0.384. The molecule has 0 aliphatic carbocycles. The number of anilines is 1. The van der Waals surface area contributed by atoms with Crippen molar-refractivity contribution in [1.29, 1.82) is 0 Å². The Morgan fingerprint density at radius 1 is 1.17 bits per heavy atom. The van der Waals surface area contributed by atoms with Gasteiger partial charge in [0.1, 0.15) is 11.8 Å². The third-order valence-corrected chi connectivity index (χ3v) is 4.57. The predicted octanol–water partition coefficient (Wildman–Crippen LogP) is 3.34. The zero-order valence-corrected chi connectivity index (χ0v) is 16.7. The minimum atomic E-state index is -0.966. The molecule has 1 heterocycles. The van der Waals surface area contributed by atoms with E-state index in [1.165, 1.54) is 38.3 Å². The molecular weight excluding hydrogens is 388 g/mol. The molecule has 0 aliphatic rings. The number of rotatable bonds is 6. The van der Waals surface area contributed by atoms with E-state index in [0.717, 1.165) is 15.8 Å². The molecule has 30 heavy (non-hydrogen) atoms. The first-order valence-corrected chi connectivity index (χ1v) is 9.10. The Kier molecular flexibility index (Phi) is 5.91. The summed E-state index contributed by atoms with van der Waals surface area (Å²) in [5.74, 6) is -0.306. The van der Waals surface area contributed by atoms with E-state index < -0.39 is 22.4 Å². The topological polar surface area (TPSA) is 116 Å². The van der Waals surface area contributed by atoms with E-state index in [4.69, 9.17) is 4.74 Å². The van der Waals surface area contributed by atoms with Crippen LogP contribution >= 0.6 is 0 Å². The molecule has 0 saturated heterocycles. The third kappa shape index (κ3) is 4.35. The first-order chi connectivity index (χ1) is 14.3. The van der Waals surface area contributed by atoms with Crippen molar-refractivity contribution in [1.82, 2.24) is 9.78 Å². The zero-order chi connectivity index (χ0) is 21.8. The molecule has 1 unspecified atom stereocenters. The standard InChI is InChI=1S/C21H20N4O5/c1-13-4-6-15(7-5-13)17-9-11-20(26)24(23-17)14(2)21(27)22-18-12-16(25(28)29)8-10-19(18)30-3/h4-12,14H,1-3H3,(H,22,27). The van der Waals surface area contributed by atoms with E-state index in [1.54, 1.807) is 6.07 Å². The molecule has 1 amide bonds. The van der Waals surface area contributed by atoms with Crippen LogP contribution in [0.2, 0.25) is 0 Å². The average molecular weight is 408 g/mol. The Morgan fingerprint density at radius 2 is 1.87 bits per heavy atom. The normalized spacial score (nSPS) is 11.6. The van der Waals surface area contributed by atoms with E-state index in [9.17, 15) is 19.7 Å². The summed E-state index contributed by atoms with van der Waals surface area (Å²) >= 11 is 0. The number of carbonyl (C=O) groups excluding carboxylic acids is 1. The second-order valence-electron chi connectivity index (χ2n) is 6.67. The first-order valence-electron chi connectivity index (χ1n) is 9.10. The fraction of sp³-hybridized carbons (Fsp3) is 0.190. The van der Waals surface area contributed by atoms with Crippen molar-refractivity contribution in [3.63, 3.8) is 0 Å². The number of amides is 1. The average Bonchev–Trinajstić information content (AvgIpc) is 2.74. The SMILES string of the molecule is COc1ccc([N+](=O)[O-])cc1NC(=O)C(C)n1nc(-c2ccc(C)cc2)ccc1=O. The van der Waals surface area contributed by atoms with Crippen LogP contribution < -0.4 is 15.6 Å². The Balaban J connectivity index is 1.90. The number of ether oxygens (including phenoxy) is 1. The summed E-state index contributed by atoms with van der Waals surface area (Å²) < 4.78 is 6.23. The minimum absolute atomic E-state index is 0.131. The molecule has 9 heteroatoms. The molecule has 0 saturated carbocycles. The van der Waals surface area contributed by atoms with Gasteiger partial charge in [-0.1, -0.05) is 29.8 Å². The second-order valence-corrected chi connectivity index (χ2v) is 6.67. The molecule has 154 valence electrons. The van der Waals surface area contributed by atoms with Crippen molar-refractivity contribution in [2.75, 3.05) is 12.4 Å². The minimum Gasteiger partial charge on any atom is -0.495 e. The van der Waals surface area contributed by atoms with Crippen molar-refractivity contribution < 1.29 is 14.5 Å². The first kappa shape index (κ1) is 20.7. The summed E-state index contributed by atoms with van der Waals surface area (Å²) in [5.41, 5.74) is 1.93. The Labute approximate surface area is 172 Å². The predicted molar refractivity (Wildman–Crippen MR) is 112 cm³/mol. The number of aromatic nitrogens is 2. The highest BCUT2D eigenvalue weighted by molar-refractivity contribution is 5.95. The summed E-state index contributed by atoms with van der Waals surface area (Å²) in [4.78, 5) is 35.6. The van der Waals surface area contributed by atoms with Gasteiger partial charge in [-0.05, 0) is 26.0 Å². The van der Waals surface area contributed by atoms with E-state index in [1.807, 2.05) is 31.2 Å². The number of benzene rings is 2. The van der Waals surface area contributed by atoms with Crippen molar-refractivity contribution >= 4 is 17.3 Å². The number of hydrogen-bond acceptors (Lipinski definition) is 6. The highest BCUT2D eigenvalue weighted by atomic mass is 16.6. The van der Waals surface area contributed by atoms with Crippen LogP contribution in [0, 0.1) is 17.0 Å². The number of nitro groups is 1. The molecule has 1 aromatic heterocycles. The van der Waals surface area contributed by atoms with E-state index >= 15 is 0 Å². The highest BCUT2D eigenvalue weighted by Crippen LogP contribution is 2.29. The molecule has 0 aliphatic heterocycles. The summed E-state index contributed by atoms with van der Waals surface area (Å²) in [5, 5.41) is 17.9. The van der Waals surface area contributed by atoms with Crippen molar-refractivity contribution in [3.05, 3.63) is 80.6 Å². The van der Waals surface area contributed by atoms with Crippen LogP contribution in [-0.4, -0.2) is 27.7 Å². The number of carbonyl (C=O) groups is 1. The molecule has 1 N–H and O–H groups in total. The van der Waals surface area contributed by atoms with Crippen LogP contribution in [0.1, 0.15) is 18.5 Å². The number of methoxy groups -OCH3 is 1. The monoisotopic (exact) mass is 408 g/mol. The van der Waals surface area contributed by atoms with Gasteiger partial charge >= 0.3 is 0 Å². The number of nitrogens with one attached hydrogen (secondary N) is 1. The Morgan fingerprint density at radius 3 is 2.50 bits per heavy atom. The number of nitro benzene ring substituents is 1. The molecule has 0 radical (unpaired) electrons. The maximum absolute atomic E-state index is 12.8. The highest BCUT2D eigenvalue weighted by Gasteiger charge is 2.21. The lowest BCUT2D eigenvalue weighted by Gasteiger charge is -2.16. The smallest absolute Gasteiger partial charge is 0.271 e. The van der Waals surface area contributed by atoms with Crippen molar-refractivity contribution in [2.24, 2.45) is 0 Å².